The van der Waals surface area contributed by atoms with Gasteiger partial charge in [-0.25, -0.2) is 0 Å². The van der Waals surface area contributed by atoms with E-state index in [0.29, 0.717) is 35.0 Å². The van der Waals surface area contributed by atoms with Crippen LogP contribution in [0.3, 0.4) is 0 Å². The molecule has 43 heavy (non-hydrogen) atoms. The molecule has 0 spiro atoms. The van der Waals surface area contributed by atoms with Crippen molar-refractivity contribution in [2.75, 3.05) is 50.4 Å². The number of nitrogens with two attached hydrogens (primary N) is 2. The van der Waals surface area contributed by atoms with E-state index in [0.717, 1.165) is 42.9 Å². The number of likely N-dealkylation sites (N-methyl/N-ethyl adjacent to an activating group) is 1. The number of hydrogen-bond donors (Lipinski definition) is 4. The summed E-state index contributed by atoms with van der Waals surface area (Å²) < 4.78 is 1.52. The Morgan fingerprint density at radius 3 is 2.26 bits per heavy atom. The highest BCUT2D eigenvalue weighted by Gasteiger charge is 2.17. The average Bonchev–Trinajstić information content (AvgIpc) is 2.96. The van der Waals surface area contributed by atoms with Gasteiger partial charge in [0.05, 0.1) is 0 Å². The number of rotatable bonds is 8. The Hall–Kier alpha value is -4.34. The van der Waals surface area contributed by atoms with E-state index in [1.807, 2.05) is 49.4 Å². The minimum Gasteiger partial charge on any atom is -0.401 e. The summed E-state index contributed by atoms with van der Waals surface area (Å²) in [6.07, 6.45) is 5.25. The number of benzene rings is 2. The molecule has 3 aromatic rings. The van der Waals surface area contributed by atoms with Gasteiger partial charge in [-0.3, -0.25) is 14.5 Å². The van der Waals surface area contributed by atoms with E-state index < -0.39 is 0 Å². The summed E-state index contributed by atoms with van der Waals surface area (Å²) in [5.41, 5.74) is 18.4. The Morgan fingerprint density at radius 2 is 1.60 bits per heavy atom. The van der Waals surface area contributed by atoms with Gasteiger partial charge < -0.3 is 31.6 Å². The molecule has 1 saturated heterocycles. The van der Waals surface area contributed by atoms with Gasteiger partial charge in [0.2, 0.25) is 0 Å². The van der Waals surface area contributed by atoms with Crippen LogP contribution in [-0.4, -0.2) is 60.0 Å². The lowest BCUT2D eigenvalue weighted by Gasteiger charge is -2.32. The predicted molar refractivity (Wildman–Crippen MR) is 177 cm³/mol. The van der Waals surface area contributed by atoms with Crippen molar-refractivity contribution < 1.29 is 4.79 Å². The third-order valence-corrected chi connectivity index (χ3v) is 7.85. The molecule has 9 heteroatoms. The van der Waals surface area contributed by atoms with Crippen molar-refractivity contribution in [3.8, 4) is 11.1 Å². The molecule has 228 valence electrons. The summed E-state index contributed by atoms with van der Waals surface area (Å²) in [5.74, 6) is 0.132. The molecule has 1 aromatic heterocycles. The van der Waals surface area contributed by atoms with E-state index >= 15 is 0 Å². The van der Waals surface area contributed by atoms with E-state index in [-0.39, 0.29) is 16.9 Å². The van der Waals surface area contributed by atoms with Gasteiger partial charge in [-0.05, 0) is 72.5 Å². The van der Waals surface area contributed by atoms with Crippen LogP contribution in [0.2, 0.25) is 0 Å². The number of amides is 1. The summed E-state index contributed by atoms with van der Waals surface area (Å²) in [5, 5.41) is 6.09. The lowest BCUT2D eigenvalue weighted by molar-refractivity contribution is 0.102. The second-order valence-electron chi connectivity index (χ2n) is 12.4. The van der Waals surface area contributed by atoms with Crippen LogP contribution in [0.4, 0.5) is 11.4 Å². The third kappa shape index (κ3) is 8.15. The standard InChI is InChI=1S/C34H45N7O2/c1-23-28(8-7-9-29(23)38-32(42)24-10-12-26(13-11-24)34(2,3)4)25-20-30(33(43)40(6)21-25)37-31(36)15-14-27(35)22-41-18-16-39(5)17-19-41/h7-15,20-21,37H,16-19,22,35-36H2,1-6H3,(H,38,42)/b27-14-,31-15+. The second-order valence-corrected chi connectivity index (χ2v) is 12.4. The van der Waals surface area contributed by atoms with Gasteiger partial charge in [0.1, 0.15) is 11.5 Å². The number of piperazine rings is 1. The molecule has 9 nitrogen and oxygen atoms in total. The molecule has 4 rings (SSSR count). The van der Waals surface area contributed by atoms with Crippen molar-refractivity contribution in [3.05, 3.63) is 105 Å². The van der Waals surface area contributed by atoms with Crippen LogP contribution in [0, 0.1) is 6.92 Å². The quantitative estimate of drug-likeness (QED) is 0.293. The van der Waals surface area contributed by atoms with E-state index in [2.05, 4.69) is 48.3 Å². The molecule has 0 bridgehead atoms. The number of pyridine rings is 1. The van der Waals surface area contributed by atoms with Crippen molar-refractivity contribution in [2.24, 2.45) is 18.5 Å². The van der Waals surface area contributed by atoms with Crippen LogP contribution in [0.1, 0.15) is 42.3 Å². The van der Waals surface area contributed by atoms with Gasteiger partial charge in [-0.2, -0.15) is 0 Å². The van der Waals surface area contributed by atoms with E-state index in [9.17, 15) is 9.59 Å². The normalized spacial score (nSPS) is 15.4. The zero-order valence-corrected chi connectivity index (χ0v) is 26.2. The molecule has 0 aliphatic carbocycles. The number of aryl methyl sites for hydroxylation is 1. The summed E-state index contributed by atoms with van der Waals surface area (Å²) in [6, 6.07) is 15.2. The van der Waals surface area contributed by atoms with Crippen molar-refractivity contribution in [3.63, 3.8) is 0 Å². The van der Waals surface area contributed by atoms with Crippen molar-refractivity contribution in [2.45, 2.75) is 33.1 Å². The fraction of sp³-hybridized carbons (Fsp3) is 0.353. The highest BCUT2D eigenvalue weighted by molar-refractivity contribution is 6.05. The number of aromatic nitrogens is 1. The van der Waals surface area contributed by atoms with Crippen LogP contribution in [0.15, 0.2) is 83.2 Å². The fourth-order valence-corrected chi connectivity index (χ4v) is 5.06. The largest absolute Gasteiger partial charge is 0.401 e. The number of allylic oxidation sites excluding steroid dienone is 2. The molecule has 0 radical (unpaired) electrons. The maximum Gasteiger partial charge on any atom is 0.274 e. The molecule has 2 aromatic carbocycles. The third-order valence-electron chi connectivity index (χ3n) is 7.85. The van der Waals surface area contributed by atoms with E-state index in [1.165, 1.54) is 10.1 Å². The molecule has 6 N–H and O–H groups in total. The Bertz CT molecular complexity index is 1570. The van der Waals surface area contributed by atoms with Crippen molar-refractivity contribution in [1.82, 2.24) is 14.4 Å². The van der Waals surface area contributed by atoms with E-state index in [1.54, 1.807) is 31.5 Å². The van der Waals surface area contributed by atoms with Gasteiger partial charge in [0.15, 0.2) is 0 Å². The molecule has 2 heterocycles. The topological polar surface area (TPSA) is 122 Å². The van der Waals surface area contributed by atoms with Crippen LogP contribution in [-0.2, 0) is 12.5 Å². The minimum atomic E-state index is -0.213. The first-order valence-corrected chi connectivity index (χ1v) is 14.6. The van der Waals surface area contributed by atoms with Crippen LogP contribution in [0.25, 0.3) is 11.1 Å². The average molecular weight is 584 g/mol. The monoisotopic (exact) mass is 583 g/mol. The first kappa shape index (κ1) is 31.6. The van der Waals surface area contributed by atoms with Gasteiger partial charge in [0, 0.05) is 68.5 Å². The number of carbonyl (C=O) groups excluding carboxylic acids is 1. The molecular formula is C34H45N7O2. The van der Waals surface area contributed by atoms with Gasteiger partial charge in [-0.15, -0.1) is 0 Å². The Balaban J connectivity index is 1.51. The Labute approximate surface area is 254 Å². The van der Waals surface area contributed by atoms with Crippen LogP contribution >= 0.6 is 0 Å². The van der Waals surface area contributed by atoms with E-state index in [4.69, 9.17) is 11.5 Å². The number of nitrogens with zero attached hydrogens (tertiary/aromatic N) is 3. The molecular weight excluding hydrogens is 538 g/mol. The summed E-state index contributed by atoms with van der Waals surface area (Å²) >= 11 is 0. The maximum absolute atomic E-state index is 13.1. The zero-order valence-electron chi connectivity index (χ0n) is 26.2. The SMILES string of the molecule is Cc1c(NC(=O)c2ccc(C(C)(C)C)cc2)cccc1-c1cc(N/C(N)=C/C=C(\N)CN2CCN(C)CC2)c(=O)n(C)c1. The molecule has 0 saturated carbocycles. The van der Waals surface area contributed by atoms with Crippen LogP contribution < -0.4 is 27.7 Å². The van der Waals surface area contributed by atoms with Crippen LogP contribution in [0.5, 0.6) is 0 Å². The number of nitrogens with one attached hydrogen (secondary N) is 2. The first-order chi connectivity index (χ1) is 20.3. The fourth-order valence-electron chi connectivity index (χ4n) is 5.06. The first-order valence-electron chi connectivity index (χ1n) is 14.6. The van der Waals surface area contributed by atoms with Crippen molar-refractivity contribution >= 4 is 17.3 Å². The second kappa shape index (κ2) is 13.3. The smallest absolute Gasteiger partial charge is 0.274 e. The number of carbonyl (C=O) groups is 1. The Kier molecular flexibility index (Phi) is 9.78. The number of anilines is 2. The maximum atomic E-state index is 13.1. The lowest BCUT2D eigenvalue weighted by Crippen LogP contribution is -2.45. The molecule has 0 unspecified atom stereocenters. The highest BCUT2D eigenvalue weighted by Crippen LogP contribution is 2.30. The Morgan fingerprint density at radius 1 is 0.930 bits per heavy atom. The molecule has 1 aliphatic heterocycles. The van der Waals surface area contributed by atoms with Crippen molar-refractivity contribution in [1.29, 1.82) is 0 Å². The van der Waals surface area contributed by atoms with Gasteiger partial charge >= 0.3 is 0 Å². The summed E-state index contributed by atoms with van der Waals surface area (Å²) in [6.45, 7) is 13.0. The minimum absolute atomic E-state index is 0.0124. The molecule has 0 atom stereocenters. The van der Waals surface area contributed by atoms with Gasteiger partial charge in [0.25, 0.3) is 11.5 Å². The highest BCUT2D eigenvalue weighted by atomic mass is 16.1. The molecule has 1 fully saturated rings. The zero-order chi connectivity index (χ0) is 31.3. The lowest BCUT2D eigenvalue weighted by atomic mass is 9.86. The number of hydrogen-bond acceptors (Lipinski definition) is 7. The van der Waals surface area contributed by atoms with Gasteiger partial charge in [-0.1, -0.05) is 45.0 Å². The summed E-state index contributed by atoms with van der Waals surface area (Å²) in [7, 11) is 3.82. The molecule has 1 aliphatic rings. The summed E-state index contributed by atoms with van der Waals surface area (Å²) in [4.78, 5) is 30.7. The predicted octanol–water partition coefficient (Wildman–Crippen LogP) is 4.21. The molecule has 1 amide bonds.